The van der Waals surface area contributed by atoms with Crippen LogP contribution in [0.4, 0.5) is 0 Å². The highest BCUT2D eigenvalue weighted by Crippen LogP contribution is 2.31. The number of carboxylic acid groups (broad SMARTS) is 1. The number of rotatable bonds is 3. The van der Waals surface area contributed by atoms with Crippen molar-refractivity contribution in [2.75, 3.05) is 7.11 Å². The lowest BCUT2D eigenvalue weighted by Crippen LogP contribution is -1.99. The van der Waals surface area contributed by atoms with Crippen LogP contribution in [-0.4, -0.2) is 28.0 Å². The van der Waals surface area contributed by atoms with Crippen LogP contribution in [0, 0.1) is 0 Å². The lowest BCUT2D eigenvalue weighted by Gasteiger charge is -2.11. The van der Waals surface area contributed by atoms with Gasteiger partial charge in [0.2, 0.25) is 0 Å². The SMILES string of the molecule is COc1ccc(-n2cccn2)c2ccc(C(=O)O)cc12. The highest BCUT2D eigenvalue weighted by molar-refractivity contribution is 6.00. The Morgan fingerprint density at radius 3 is 2.75 bits per heavy atom. The number of hydrogen-bond acceptors (Lipinski definition) is 3. The molecule has 0 spiro atoms. The second-order valence-corrected chi connectivity index (χ2v) is 4.30. The molecule has 0 amide bonds. The maximum atomic E-state index is 11.1. The van der Waals surface area contributed by atoms with Gasteiger partial charge in [-0.2, -0.15) is 5.10 Å². The van der Waals surface area contributed by atoms with Crippen LogP contribution in [0.15, 0.2) is 48.8 Å². The first-order valence-corrected chi connectivity index (χ1v) is 6.05. The molecule has 1 N–H and O–H groups in total. The van der Waals surface area contributed by atoms with E-state index in [0.29, 0.717) is 5.75 Å². The van der Waals surface area contributed by atoms with Gasteiger partial charge >= 0.3 is 5.97 Å². The molecule has 20 heavy (non-hydrogen) atoms. The summed E-state index contributed by atoms with van der Waals surface area (Å²) in [6.07, 6.45) is 3.54. The summed E-state index contributed by atoms with van der Waals surface area (Å²) < 4.78 is 7.05. The molecule has 100 valence electrons. The molecule has 3 aromatic rings. The summed E-state index contributed by atoms with van der Waals surface area (Å²) in [4.78, 5) is 11.1. The molecule has 5 nitrogen and oxygen atoms in total. The minimum atomic E-state index is -0.960. The molecule has 5 heteroatoms. The molecule has 0 saturated carbocycles. The molecule has 0 saturated heterocycles. The van der Waals surface area contributed by atoms with Crippen molar-refractivity contribution in [1.82, 2.24) is 9.78 Å². The van der Waals surface area contributed by atoms with Gasteiger partial charge in [-0.05, 0) is 30.3 Å². The van der Waals surface area contributed by atoms with E-state index in [1.54, 1.807) is 36.2 Å². The quantitative estimate of drug-likeness (QED) is 0.793. The van der Waals surface area contributed by atoms with Crippen LogP contribution in [0.2, 0.25) is 0 Å². The molecule has 2 aromatic carbocycles. The topological polar surface area (TPSA) is 64.4 Å². The van der Waals surface area contributed by atoms with E-state index in [2.05, 4.69) is 5.10 Å². The highest BCUT2D eigenvalue weighted by atomic mass is 16.5. The van der Waals surface area contributed by atoms with Crippen molar-refractivity contribution in [1.29, 1.82) is 0 Å². The van der Waals surface area contributed by atoms with Crippen molar-refractivity contribution in [2.45, 2.75) is 0 Å². The zero-order valence-corrected chi connectivity index (χ0v) is 10.8. The predicted octanol–water partition coefficient (Wildman–Crippen LogP) is 2.73. The van der Waals surface area contributed by atoms with Crippen LogP contribution in [0.3, 0.4) is 0 Å². The average Bonchev–Trinajstić information content (AvgIpc) is 2.99. The summed E-state index contributed by atoms with van der Waals surface area (Å²) in [5, 5.41) is 14.9. The molecule has 0 aliphatic carbocycles. The minimum Gasteiger partial charge on any atom is -0.496 e. The van der Waals surface area contributed by atoms with Gasteiger partial charge in [-0.3, -0.25) is 0 Å². The van der Waals surface area contributed by atoms with Gasteiger partial charge in [0.1, 0.15) is 5.75 Å². The lowest BCUT2D eigenvalue weighted by molar-refractivity contribution is 0.0697. The molecule has 0 aliphatic heterocycles. The summed E-state index contributed by atoms with van der Waals surface area (Å²) in [5.74, 6) is -0.322. The smallest absolute Gasteiger partial charge is 0.335 e. The van der Waals surface area contributed by atoms with Crippen LogP contribution >= 0.6 is 0 Å². The number of benzene rings is 2. The first-order chi connectivity index (χ1) is 9.70. The molecule has 0 bridgehead atoms. The van der Waals surface area contributed by atoms with Crippen LogP contribution in [0.5, 0.6) is 5.75 Å². The van der Waals surface area contributed by atoms with Gasteiger partial charge in [0.25, 0.3) is 0 Å². The van der Waals surface area contributed by atoms with Crippen molar-refractivity contribution in [3.05, 3.63) is 54.4 Å². The van der Waals surface area contributed by atoms with Crippen molar-refractivity contribution in [3.63, 3.8) is 0 Å². The van der Waals surface area contributed by atoms with Crippen molar-refractivity contribution in [2.24, 2.45) is 0 Å². The van der Waals surface area contributed by atoms with Crippen LogP contribution in [0.25, 0.3) is 16.5 Å². The highest BCUT2D eigenvalue weighted by Gasteiger charge is 2.11. The van der Waals surface area contributed by atoms with Crippen LogP contribution in [-0.2, 0) is 0 Å². The first-order valence-electron chi connectivity index (χ1n) is 6.05. The van der Waals surface area contributed by atoms with Gasteiger partial charge in [0.05, 0.1) is 18.4 Å². The van der Waals surface area contributed by atoms with Gasteiger partial charge in [0.15, 0.2) is 0 Å². The van der Waals surface area contributed by atoms with Crippen molar-refractivity contribution in [3.8, 4) is 11.4 Å². The summed E-state index contributed by atoms with van der Waals surface area (Å²) in [6.45, 7) is 0. The Bertz CT molecular complexity index is 779. The monoisotopic (exact) mass is 268 g/mol. The normalized spacial score (nSPS) is 10.7. The number of carboxylic acids is 1. The zero-order valence-electron chi connectivity index (χ0n) is 10.8. The second-order valence-electron chi connectivity index (χ2n) is 4.30. The lowest BCUT2D eigenvalue weighted by atomic mass is 10.0. The average molecular weight is 268 g/mol. The van der Waals surface area contributed by atoms with E-state index in [0.717, 1.165) is 16.5 Å². The first kappa shape index (κ1) is 12.2. The van der Waals surface area contributed by atoms with Gasteiger partial charge in [-0.1, -0.05) is 6.07 Å². The third-order valence-electron chi connectivity index (χ3n) is 3.17. The van der Waals surface area contributed by atoms with Gasteiger partial charge in [-0.15, -0.1) is 0 Å². The molecule has 0 radical (unpaired) electrons. The zero-order chi connectivity index (χ0) is 14.1. The van der Waals surface area contributed by atoms with E-state index < -0.39 is 5.97 Å². The van der Waals surface area contributed by atoms with Crippen LogP contribution in [0.1, 0.15) is 10.4 Å². The van der Waals surface area contributed by atoms with Gasteiger partial charge in [-0.25, -0.2) is 9.48 Å². The standard InChI is InChI=1S/C15H12N2O3/c1-20-14-6-5-13(17-8-2-7-16-17)11-4-3-10(15(18)19)9-12(11)14/h2-9H,1H3,(H,18,19). The largest absolute Gasteiger partial charge is 0.496 e. The van der Waals surface area contributed by atoms with Crippen molar-refractivity contribution < 1.29 is 14.6 Å². The Labute approximate surface area is 115 Å². The molecular weight excluding hydrogens is 256 g/mol. The fraction of sp³-hybridized carbons (Fsp3) is 0.0667. The number of aromatic nitrogens is 2. The third kappa shape index (κ3) is 1.89. The molecular formula is C15H12N2O3. The molecule has 0 aliphatic rings. The molecule has 0 fully saturated rings. The number of hydrogen-bond donors (Lipinski definition) is 1. The maximum absolute atomic E-state index is 11.1. The summed E-state index contributed by atoms with van der Waals surface area (Å²) in [6, 6.07) is 10.5. The van der Waals surface area contributed by atoms with E-state index >= 15 is 0 Å². The number of fused-ring (bicyclic) bond motifs is 1. The van der Waals surface area contributed by atoms with E-state index in [-0.39, 0.29) is 5.56 Å². The molecule has 0 atom stereocenters. The number of aromatic carboxylic acids is 1. The molecule has 1 aromatic heterocycles. The number of ether oxygens (including phenoxy) is 1. The van der Waals surface area contributed by atoms with Gasteiger partial charge in [0, 0.05) is 23.2 Å². The predicted molar refractivity (Wildman–Crippen MR) is 74.6 cm³/mol. The van der Waals surface area contributed by atoms with E-state index in [4.69, 9.17) is 9.84 Å². The Morgan fingerprint density at radius 1 is 1.25 bits per heavy atom. The summed E-state index contributed by atoms with van der Waals surface area (Å²) in [7, 11) is 1.57. The molecule has 1 heterocycles. The Kier molecular flexibility index (Phi) is 2.87. The summed E-state index contributed by atoms with van der Waals surface area (Å²) in [5.41, 5.74) is 1.11. The van der Waals surface area contributed by atoms with Gasteiger partial charge < -0.3 is 9.84 Å². The maximum Gasteiger partial charge on any atom is 0.335 e. The Balaban J connectivity index is 2.32. The Hall–Kier alpha value is -2.82. The van der Waals surface area contributed by atoms with Crippen LogP contribution < -0.4 is 4.74 Å². The molecule has 0 unspecified atom stereocenters. The fourth-order valence-electron chi connectivity index (χ4n) is 2.23. The van der Waals surface area contributed by atoms with E-state index in [1.165, 1.54) is 0 Å². The fourth-order valence-corrected chi connectivity index (χ4v) is 2.23. The van der Waals surface area contributed by atoms with E-state index in [1.807, 2.05) is 24.4 Å². The Morgan fingerprint density at radius 2 is 2.10 bits per heavy atom. The second kappa shape index (κ2) is 4.70. The van der Waals surface area contributed by atoms with E-state index in [9.17, 15) is 4.79 Å². The van der Waals surface area contributed by atoms with Crippen molar-refractivity contribution >= 4 is 16.7 Å². The minimum absolute atomic E-state index is 0.230. The number of nitrogens with zero attached hydrogens (tertiary/aromatic N) is 2. The summed E-state index contributed by atoms with van der Waals surface area (Å²) >= 11 is 0. The number of methoxy groups -OCH3 is 1. The number of carbonyl (C=O) groups is 1. The third-order valence-corrected chi connectivity index (χ3v) is 3.17. The molecule has 3 rings (SSSR count).